The number of aliphatic hydroxyl groups is 1. The van der Waals surface area contributed by atoms with Crippen LogP contribution in [0.25, 0.3) is 27.8 Å². The Morgan fingerprint density at radius 1 is 1.00 bits per heavy atom. The Hall–Kier alpha value is -5.16. The number of nitrogens with zero attached hydrogens (tertiary/aromatic N) is 4. The molecule has 1 amide bonds. The molecule has 2 aromatic carbocycles. The first-order valence-corrected chi connectivity index (χ1v) is 13.1. The number of benzene rings is 2. The van der Waals surface area contributed by atoms with Crippen molar-refractivity contribution < 1.29 is 24.1 Å². The minimum Gasteiger partial charge on any atom is -0.493 e. The molecule has 5 aromatic rings. The van der Waals surface area contributed by atoms with E-state index < -0.39 is 17.1 Å². The Balaban J connectivity index is 1.48. The first-order valence-electron chi connectivity index (χ1n) is 13.1. The first-order chi connectivity index (χ1) is 20.0. The zero-order valence-corrected chi connectivity index (χ0v) is 23.9. The summed E-state index contributed by atoms with van der Waals surface area (Å²) in [4.78, 5) is 34.4. The van der Waals surface area contributed by atoms with Crippen LogP contribution in [-0.2, 0) is 6.54 Å². The number of rotatable bonds is 9. The second kappa shape index (κ2) is 11.0. The Kier molecular flexibility index (Phi) is 7.44. The average Bonchev–Trinajstić information content (AvgIpc) is 3.20. The van der Waals surface area contributed by atoms with Crippen molar-refractivity contribution in [3.05, 3.63) is 88.6 Å². The van der Waals surface area contributed by atoms with Crippen molar-refractivity contribution in [3.8, 4) is 39.9 Å². The molecule has 0 saturated heterocycles. The molecule has 11 nitrogen and oxygen atoms in total. The summed E-state index contributed by atoms with van der Waals surface area (Å²) in [5, 5.41) is 11.2. The zero-order valence-electron chi connectivity index (χ0n) is 23.9. The van der Waals surface area contributed by atoms with E-state index in [4.69, 9.17) is 19.9 Å². The normalized spacial score (nSPS) is 11.5. The van der Waals surface area contributed by atoms with E-state index in [0.29, 0.717) is 45.6 Å². The van der Waals surface area contributed by atoms with Crippen LogP contribution in [0.3, 0.4) is 0 Å². The summed E-state index contributed by atoms with van der Waals surface area (Å²) in [6, 6.07) is 16.1. The number of carbonyl (C=O) groups excluding carboxylic acids is 1. The van der Waals surface area contributed by atoms with Crippen LogP contribution in [-0.4, -0.2) is 50.2 Å². The van der Waals surface area contributed by atoms with Gasteiger partial charge in [-0.25, -0.2) is 4.68 Å². The number of ether oxygens (including phenoxy) is 3. The zero-order chi connectivity index (χ0) is 30.2. The van der Waals surface area contributed by atoms with E-state index in [9.17, 15) is 14.7 Å². The lowest BCUT2D eigenvalue weighted by atomic mass is 10.1. The smallest absolute Gasteiger partial charge is 0.284 e. The minimum atomic E-state index is -1.15. The minimum absolute atomic E-state index is 0.0677. The van der Waals surface area contributed by atoms with Crippen molar-refractivity contribution >= 4 is 16.8 Å². The van der Waals surface area contributed by atoms with Crippen LogP contribution in [0.4, 0.5) is 0 Å². The molecule has 0 saturated carbocycles. The van der Waals surface area contributed by atoms with Crippen molar-refractivity contribution in [2.75, 3.05) is 14.2 Å². The third-order valence-corrected chi connectivity index (χ3v) is 6.74. The van der Waals surface area contributed by atoms with Crippen LogP contribution in [0, 0.1) is 6.92 Å². The van der Waals surface area contributed by atoms with Gasteiger partial charge >= 0.3 is 0 Å². The summed E-state index contributed by atoms with van der Waals surface area (Å²) in [5.41, 5.74) is 6.61. The molecule has 0 radical (unpaired) electrons. The van der Waals surface area contributed by atoms with Crippen molar-refractivity contribution in [2.24, 2.45) is 5.73 Å². The Morgan fingerprint density at radius 3 is 2.38 bits per heavy atom. The molecule has 0 aliphatic carbocycles. The number of nitrogens with two attached hydrogens (primary N) is 1. The van der Waals surface area contributed by atoms with E-state index in [0.717, 1.165) is 10.9 Å². The van der Waals surface area contributed by atoms with E-state index in [1.54, 1.807) is 94.5 Å². The van der Waals surface area contributed by atoms with E-state index in [1.165, 1.54) is 4.68 Å². The molecule has 0 atom stereocenters. The van der Waals surface area contributed by atoms with E-state index in [1.807, 2.05) is 12.1 Å². The van der Waals surface area contributed by atoms with E-state index >= 15 is 0 Å². The lowest BCUT2D eigenvalue weighted by Gasteiger charge is -2.22. The lowest BCUT2D eigenvalue weighted by Crippen LogP contribution is -2.32. The number of methoxy groups -OCH3 is 2. The highest BCUT2D eigenvalue weighted by Crippen LogP contribution is 2.37. The van der Waals surface area contributed by atoms with Crippen LogP contribution >= 0.6 is 0 Å². The van der Waals surface area contributed by atoms with Crippen LogP contribution in [0.15, 0.2) is 71.8 Å². The number of hydrogen-bond acceptors (Lipinski definition) is 8. The van der Waals surface area contributed by atoms with Gasteiger partial charge in [0.15, 0.2) is 11.5 Å². The summed E-state index contributed by atoms with van der Waals surface area (Å²) in [5.74, 6) is 1.38. The van der Waals surface area contributed by atoms with E-state index in [-0.39, 0.29) is 12.1 Å². The summed E-state index contributed by atoms with van der Waals surface area (Å²) in [6.07, 6.45) is 3.26. The molecular weight excluding hydrogens is 538 g/mol. The molecule has 0 spiro atoms. The fraction of sp³-hybridized carbons (Fsp3) is 0.226. The van der Waals surface area contributed by atoms with Crippen LogP contribution < -0.4 is 25.5 Å². The molecule has 3 N–H and O–H groups in total. The van der Waals surface area contributed by atoms with Gasteiger partial charge in [0, 0.05) is 23.2 Å². The van der Waals surface area contributed by atoms with Crippen LogP contribution in [0.1, 0.15) is 29.9 Å². The number of primary amides is 1. The van der Waals surface area contributed by atoms with Gasteiger partial charge in [0.25, 0.3) is 11.5 Å². The van der Waals surface area contributed by atoms with Gasteiger partial charge in [0.1, 0.15) is 17.1 Å². The Labute approximate surface area is 241 Å². The second-order valence-corrected chi connectivity index (χ2v) is 10.4. The monoisotopic (exact) mass is 569 g/mol. The highest BCUT2D eigenvalue weighted by molar-refractivity contribution is 5.93. The summed E-state index contributed by atoms with van der Waals surface area (Å²) >= 11 is 0. The van der Waals surface area contributed by atoms with Gasteiger partial charge in [-0.1, -0.05) is 12.1 Å². The number of pyridine rings is 2. The fourth-order valence-corrected chi connectivity index (χ4v) is 4.82. The molecule has 3 aromatic heterocycles. The summed E-state index contributed by atoms with van der Waals surface area (Å²) in [6.45, 7) is 4.94. The molecule has 5 rings (SSSR count). The predicted octanol–water partition coefficient (Wildman–Crippen LogP) is 4.24. The number of carbonyl (C=O) groups is 1. The molecule has 0 fully saturated rings. The topological polar surface area (TPSA) is 144 Å². The van der Waals surface area contributed by atoms with Crippen molar-refractivity contribution in [1.82, 2.24) is 19.3 Å². The molecule has 11 heteroatoms. The van der Waals surface area contributed by atoms with E-state index in [2.05, 4.69) is 9.97 Å². The maximum absolute atomic E-state index is 13.3. The molecule has 0 aliphatic heterocycles. The number of hydrogen-bond donors (Lipinski definition) is 2. The molecular formula is C31H31N5O6. The summed E-state index contributed by atoms with van der Waals surface area (Å²) in [7, 11) is 3.13. The molecule has 216 valence electrons. The largest absolute Gasteiger partial charge is 0.493 e. The van der Waals surface area contributed by atoms with Crippen molar-refractivity contribution in [1.29, 1.82) is 0 Å². The highest BCUT2D eigenvalue weighted by atomic mass is 16.5. The standard InChI is InChI=1S/C31H31N5O6/c1-18-28(29(32)37)30(38)36(35(18)17-31(2,3)39)20-8-6-7-19(13-20)23-10-9-21(16-34-23)42-25-11-12-33-24-15-27(41-5)26(40-4)14-22(24)25/h6-16,39H,17H2,1-5H3,(H2,32,37). The van der Waals surface area contributed by atoms with Gasteiger partial charge in [-0.05, 0) is 57.2 Å². The van der Waals surface area contributed by atoms with Crippen molar-refractivity contribution in [3.63, 3.8) is 0 Å². The van der Waals surface area contributed by atoms with Gasteiger partial charge in [-0.2, -0.15) is 0 Å². The Bertz CT molecular complexity index is 1850. The fourth-order valence-electron chi connectivity index (χ4n) is 4.82. The van der Waals surface area contributed by atoms with Gasteiger partial charge in [0.2, 0.25) is 0 Å². The molecule has 0 aliphatic rings. The number of amides is 1. The molecule has 0 unspecified atom stereocenters. The average molecular weight is 570 g/mol. The number of fused-ring (bicyclic) bond motifs is 1. The van der Waals surface area contributed by atoms with Crippen LogP contribution in [0.2, 0.25) is 0 Å². The highest BCUT2D eigenvalue weighted by Gasteiger charge is 2.25. The summed E-state index contributed by atoms with van der Waals surface area (Å²) < 4.78 is 19.9. The SMILES string of the molecule is COc1cc2nccc(Oc3ccc(-c4cccc(-n5c(=O)c(C(N)=O)c(C)n5CC(C)(C)O)c4)nc3)c2cc1OC. The quantitative estimate of drug-likeness (QED) is 0.268. The van der Waals surface area contributed by atoms with Gasteiger partial charge in [0.05, 0.1) is 55.2 Å². The van der Waals surface area contributed by atoms with Crippen LogP contribution in [0.5, 0.6) is 23.0 Å². The second-order valence-electron chi connectivity index (χ2n) is 10.4. The number of aromatic nitrogens is 4. The van der Waals surface area contributed by atoms with Gasteiger partial charge in [-0.15, -0.1) is 0 Å². The maximum atomic E-state index is 13.3. The lowest BCUT2D eigenvalue weighted by molar-refractivity contribution is 0.0546. The third kappa shape index (κ3) is 5.41. The third-order valence-electron chi connectivity index (χ3n) is 6.74. The van der Waals surface area contributed by atoms with Gasteiger partial charge in [-0.3, -0.25) is 24.2 Å². The Morgan fingerprint density at radius 2 is 1.74 bits per heavy atom. The molecule has 0 bridgehead atoms. The van der Waals surface area contributed by atoms with Crippen molar-refractivity contribution in [2.45, 2.75) is 32.9 Å². The predicted molar refractivity (Wildman–Crippen MR) is 158 cm³/mol. The van der Waals surface area contributed by atoms with Gasteiger partial charge < -0.3 is 25.1 Å². The first kappa shape index (κ1) is 28.4. The molecule has 3 heterocycles. The molecule has 42 heavy (non-hydrogen) atoms. The maximum Gasteiger partial charge on any atom is 0.284 e.